The summed E-state index contributed by atoms with van der Waals surface area (Å²) in [5.41, 5.74) is -0.311. The fourth-order valence-corrected chi connectivity index (χ4v) is 1.74. The van der Waals surface area contributed by atoms with Crippen molar-refractivity contribution >= 4 is 5.97 Å². The van der Waals surface area contributed by atoms with E-state index in [9.17, 15) is 19.4 Å². The van der Waals surface area contributed by atoms with Gasteiger partial charge in [0.15, 0.2) is 0 Å². The molecule has 0 atom stereocenters. The van der Waals surface area contributed by atoms with Crippen molar-refractivity contribution < 1.29 is 24.1 Å². The molecule has 1 rings (SSSR count). The number of methoxy groups -OCH3 is 1. The fraction of sp³-hybridized carbons (Fsp3) is 0.500. The molecule has 0 bridgehead atoms. The number of ether oxygens (including phenoxy) is 1. The van der Waals surface area contributed by atoms with Crippen LogP contribution in [0, 0.1) is 5.82 Å². The van der Waals surface area contributed by atoms with Gasteiger partial charge in [0.2, 0.25) is 0 Å². The zero-order valence-electron chi connectivity index (χ0n) is 11.6. The molecule has 0 radical (unpaired) electrons. The van der Waals surface area contributed by atoms with Crippen LogP contribution >= 0.6 is 0 Å². The molecule has 0 aliphatic rings. The summed E-state index contributed by atoms with van der Waals surface area (Å²) < 4.78 is 18.2. The second kappa shape index (κ2) is 7.33. The molecule has 0 saturated carbocycles. The molecule has 20 heavy (non-hydrogen) atoms. The number of halogens is 1. The van der Waals surface area contributed by atoms with E-state index in [1.807, 2.05) is 6.92 Å². The largest absolute Gasteiger partial charge is 0.465 e. The highest BCUT2D eigenvalue weighted by molar-refractivity contribution is 5.89. The lowest BCUT2D eigenvalue weighted by atomic mass is 9.98. The molecule has 1 aromatic carbocycles. The highest BCUT2D eigenvalue weighted by atomic mass is 19.1. The van der Waals surface area contributed by atoms with E-state index in [1.54, 1.807) is 6.07 Å². The highest BCUT2D eigenvalue weighted by Crippen LogP contribution is 2.14. The SMILES string of the molecule is CCC(CO)(CO)NCc1ccc(C(=O)OC)c(F)c1. The maximum absolute atomic E-state index is 13.7. The molecule has 0 aromatic heterocycles. The third-order valence-corrected chi connectivity index (χ3v) is 3.39. The van der Waals surface area contributed by atoms with Gasteiger partial charge in [-0.3, -0.25) is 0 Å². The molecule has 6 heteroatoms. The lowest BCUT2D eigenvalue weighted by Crippen LogP contribution is -2.50. The number of esters is 1. The van der Waals surface area contributed by atoms with Crippen molar-refractivity contribution in [1.29, 1.82) is 0 Å². The first-order valence-corrected chi connectivity index (χ1v) is 6.35. The van der Waals surface area contributed by atoms with Gasteiger partial charge in [-0.05, 0) is 24.1 Å². The molecule has 3 N–H and O–H groups in total. The quantitative estimate of drug-likeness (QED) is 0.647. The lowest BCUT2D eigenvalue weighted by molar-refractivity contribution is 0.0595. The molecule has 0 aliphatic carbocycles. The third-order valence-electron chi connectivity index (χ3n) is 3.39. The molecule has 0 aliphatic heterocycles. The summed E-state index contributed by atoms with van der Waals surface area (Å²) in [5, 5.41) is 21.6. The van der Waals surface area contributed by atoms with Crippen molar-refractivity contribution in [2.24, 2.45) is 0 Å². The maximum atomic E-state index is 13.7. The highest BCUT2D eigenvalue weighted by Gasteiger charge is 2.25. The second-order valence-electron chi connectivity index (χ2n) is 4.61. The van der Waals surface area contributed by atoms with E-state index in [0.29, 0.717) is 12.0 Å². The molecule has 112 valence electrons. The molecule has 0 amide bonds. The molecular weight excluding hydrogens is 265 g/mol. The van der Waals surface area contributed by atoms with Crippen LogP contribution in [0.3, 0.4) is 0 Å². The minimum Gasteiger partial charge on any atom is -0.465 e. The first kappa shape index (κ1) is 16.6. The van der Waals surface area contributed by atoms with E-state index >= 15 is 0 Å². The summed E-state index contributed by atoms with van der Waals surface area (Å²) in [6.45, 7) is 1.67. The Bertz CT molecular complexity index is 452. The molecule has 0 spiro atoms. The van der Waals surface area contributed by atoms with Crippen LogP contribution in [0.15, 0.2) is 18.2 Å². The van der Waals surface area contributed by atoms with Crippen molar-refractivity contribution in [3.8, 4) is 0 Å². The number of carbonyl (C=O) groups excluding carboxylic acids is 1. The van der Waals surface area contributed by atoms with Crippen LogP contribution in [0.5, 0.6) is 0 Å². The van der Waals surface area contributed by atoms with Crippen LogP contribution in [0.4, 0.5) is 4.39 Å². The first-order valence-electron chi connectivity index (χ1n) is 6.35. The van der Waals surface area contributed by atoms with Crippen LogP contribution in [0.1, 0.15) is 29.3 Å². The number of hydrogen-bond donors (Lipinski definition) is 3. The first-order chi connectivity index (χ1) is 9.51. The monoisotopic (exact) mass is 285 g/mol. The van der Waals surface area contributed by atoms with Gasteiger partial charge in [-0.25, -0.2) is 9.18 Å². The zero-order chi connectivity index (χ0) is 15.2. The second-order valence-corrected chi connectivity index (χ2v) is 4.61. The van der Waals surface area contributed by atoms with E-state index in [0.717, 1.165) is 0 Å². The van der Waals surface area contributed by atoms with E-state index < -0.39 is 17.3 Å². The Kier molecular flexibility index (Phi) is 6.06. The maximum Gasteiger partial charge on any atom is 0.340 e. The molecular formula is C14H20FNO4. The van der Waals surface area contributed by atoms with Gasteiger partial charge in [-0.2, -0.15) is 0 Å². The molecule has 0 saturated heterocycles. The number of carbonyl (C=O) groups is 1. The molecule has 0 heterocycles. The van der Waals surface area contributed by atoms with Gasteiger partial charge < -0.3 is 20.3 Å². The van der Waals surface area contributed by atoms with Gasteiger partial charge >= 0.3 is 5.97 Å². The standard InChI is InChI=1S/C14H20FNO4/c1-3-14(8-17,9-18)16-7-10-4-5-11(12(15)6-10)13(19)20-2/h4-6,16-18H,3,7-9H2,1-2H3. The summed E-state index contributed by atoms with van der Waals surface area (Å²) in [4.78, 5) is 11.3. The molecule has 0 fully saturated rings. The molecule has 1 aromatic rings. The van der Waals surface area contributed by atoms with Crippen molar-refractivity contribution in [2.45, 2.75) is 25.4 Å². The van der Waals surface area contributed by atoms with Gasteiger partial charge in [-0.15, -0.1) is 0 Å². The lowest BCUT2D eigenvalue weighted by Gasteiger charge is -2.30. The van der Waals surface area contributed by atoms with Crippen LogP contribution in [-0.2, 0) is 11.3 Å². The normalized spacial score (nSPS) is 11.4. The van der Waals surface area contributed by atoms with Crippen molar-refractivity contribution in [3.63, 3.8) is 0 Å². The predicted molar refractivity (Wildman–Crippen MR) is 71.8 cm³/mol. The van der Waals surface area contributed by atoms with Gasteiger partial charge in [0.05, 0.1) is 31.4 Å². The number of aliphatic hydroxyl groups is 2. The number of rotatable bonds is 7. The Morgan fingerprint density at radius 2 is 2.05 bits per heavy atom. The minimum absolute atomic E-state index is 0.123. The van der Waals surface area contributed by atoms with E-state index in [4.69, 9.17) is 0 Å². The number of benzene rings is 1. The topological polar surface area (TPSA) is 78.8 Å². The number of nitrogens with one attached hydrogen (secondary N) is 1. The Labute approximate surface area is 117 Å². The minimum atomic E-state index is -0.794. The Hall–Kier alpha value is -1.50. The summed E-state index contributed by atoms with van der Waals surface area (Å²) >= 11 is 0. The van der Waals surface area contributed by atoms with Crippen LogP contribution in [0.25, 0.3) is 0 Å². The van der Waals surface area contributed by atoms with Crippen molar-refractivity contribution in [2.75, 3.05) is 20.3 Å². The van der Waals surface area contributed by atoms with Gasteiger partial charge in [0, 0.05) is 6.54 Å². The summed E-state index contributed by atoms with van der Waals surface area (Å²) in [7, 11) is 1.19. The van der Waals surface area contributed by atoms with Crippen molar-refractivity contribution in [3.05, 3.63) is 35.1 Å². The number of aliphatic hydroxyl groups excluding tert-OH is 2. The average Bonchev–Trinajstić information content (AvgIpc) is 2.48. The third kappa shape index (κ3) is 3.75. The van der Waals surface area contributed by atoms with Crippen molar-refractivity contribution in [1.82, 2.24) is 5.32 Å². The fourth-order valence-electron chi connectivity index (χ4n) is 1.74. The number of hydrogen-bond acceptors (Lipinski definition) is 5. The smallest absolute Gasteiger partial charge is 0.340 e. The van der Waals surface area contributed by atoms with E-state index in [2.05, 4.69) is 10.1 Å². The Balaban J connectivity index is 2.80. The van der Waals surface area contributed by atoms with Gasteiger partial charge in [-0.1, -0.05) is 13.0 Å². The van der Waals surface area contributed by atoms with Crippen LogP contribution < -0.4 is 5.32 Å². The van der Waals surface area contributed by atoms with Gasteiger partial charge in [0.25, 0.3) is 0 Å². The molecule has 5 nitrogen and oxygen atoms in total. The Morgan fingerprint density at radius 3 is 2.50 bits per heavy atom. The predicted octanol–water partition coefficient (Wildman–Crippen LogP) is 0.835. The van der Waals surface area contributed by atoms with Crippen LogP contribution in [-0.4, -0.2) is 42.0 Å². The van der Waals surface area contributed by atoms with E-state index in [1.165, 1.54) is 19.2 Å². The van der Waals surface area contributed by atoms with E-state index in [-0.39, 0.29) is 25.3 Å². The Morgan fingerprint density at radius 1 is 1.40 bits per heavy atom. The summed E-state index contributed by atoms with van der Waals surface area (Å²) in [6.07, 6.45) is 0.530. The summed E-state index contributed by atoms with van der Waals surface area (Å²) in [6, 6.07) is 4.18. The zero-order valence-corrected chi connectivity index (χ0v) is 11.6. The van der Waals surface area contributed by atoms with Gasteiger partial charge in [0.1, 0.15) is 5.82 Å². The average molecular weight is 285 g/mol. The summed E-state index contributed by atoms with van der Waals surface area (Å²) in [5.74, 6) is -1.39. The molecule has 0 unspecified atom stereocenters. The van der Waals surface area contributed by atoms with Crippen LogP contribution in [0.2, 0.25) is 0 Å².